The first-order valence-electron chi connectivity index (χ1n) is 5.76. The van der Waals surface area contributed by atoms with Crippen molar-refractivity contribution in [1.82, 2.24) is 9.88 Å². The molecule has 5 nitrogen and oxygen atoms in total. The van der Waals surface area contributed by atoms with E-state index in [1.807, 2.05) is 0 Å². The van der Waals surface area contributed by atoms with Crippen molar-refractivity contribution in [2.24, 2.45) is 0 Å². The van der Waals surface area contributed by atoms with Crippen LogP contribution in [0.2, 0.25) is 0 Å². The molecule has 1 atom stereocenters. The molecule has 0 radical (unpaired) electrons. The standard InChI is InChI=1S/C12H17N3O2/c1-15(8-9-4-3-7-17-9)12(16)11-10(13)5-2-6-14-11/h2,5-6,9H,3-4,7-8,13H2,1H3. The molecule has 2 N–H and O–H groups in total. The van der Waals surface area contributed by atoms with Gasteiger partial charge in [0.1, 0.15) is 0 Å². The SMILES string of the molecule is CN(CC1CCCO1)C(=O)c1ncccc1N. The number of amides is 1. The summed E-state index contributed by atoms with van der Waals surface area (Å²) in [7, 11) is 1.75. The summed E-state index contributed by atoms with van der Waals surface area (Å²) in [6.45, 7) is 1.38. The molecule has 5 heteroatoms. The molecule has 2 rings (SSSR count). The van der Waals surface area contributed by atoms with Gasteiger partial charge in [-0.2, -0.15) is 0 Å². The number of hydrogen-bond acceptors (Lipinski definition) is 4. The van der Waals surface area contributed by atoms with Crippen molar-refractivity contribution in [1.29, 1.82) is 0 Å². The second-order valence-corrected chi connectivity index (χ2v) is 4.26. The molecule has 1 saturated heterocycles. The van der Waals surface area contributed by atoms with Crippen molar-refractivity contribution in [2.75, 3.05) is 25.9 Å². The molecule has 1 aliphatic rings. The Morgan fingerprint density at radius 3 is 3.18 bits per heavy atom. The van der Waals surface area contributed by atoms with Gasteiger partial charge in [0.05, 0.1) is 11.8 Å². The van der Waals surface area contributed by atoms with Crippen LogP contribution in [0.3, 0.4) is 0 Å². The van der Waals surface area contributed by atoms with Gasteiger partial charge in [-0.25, -0.2) is 4.98 Å². The van der Waals surface area contributed by atoms with Crippen molar-refractivity contribution < 1.29 is 9.53 Å². The zero-order valence-electron chi connectivity index (χ0n) is 9.93. The highest BCUT2D eigenvalue weighted by atomic mass is 16.5. The second kappa shape index (κ2) is 5.14. The Balaban J connectivity index is 2.01. The van der Waals surface area contributed by atoms with Crippen molar-refractivity contribution in [3.05, 3.63) is 24.0 Å². The second-order valence-electron chi connectivity index (χ2n) is 4.26. The minimum absolute atomic E-state index is 0.147. The Labute approximate surface area is 101 Å². The smallest absolute Gasteiger partial charge is 0.274 e. The van der Waals surface area contributed by atoms with Crippen LogP contribution in [0.5, 0.6) is 0 Å². The van der Waals surface area contributed by atoms with Gasteiger partial charge in [0, 0.05) is 26.4 Å². The molecule has 0 aromatic carbocycles. The first kappa shape index (κ1) is 11.9. The van der Waals surface area contributed by atoms with Crippen LogP contribution < -0.4 is 5.73 Å². The fourth-order valence-electron chi connectivity index (χ4n) is 1.95. The largest absolute Gasteiger partial charge is 0.397 e. The van der Waals surface area contributed by atoms with Gasteiger partial charge in [0.2, 0.25) is 0 Å². The van der Waals surface area contributed by atoms with Gasteiger partial charge in [-0.3, -0.25) is 4.79 Å². The van der Waals surface area contributed by atoms with Crippen molar-refractivity contribution in [3.8, 4) is 0 Å². The molecule has 1 aromatic rings. The fraction of sp³-hybridized carbons (Fsp3) is 0.500. The topological polar surface area (TPSA) is 68.5 Å². The van der Waals surface area contributed by atoms with E-state index in [1.165, 1.54) is 0 Å². The Morgan fingerprint density at radius 1 is 1.71 bits per heavy atom. The number of likely N-dealkylation sites (N-methyl/N-ethyl adjacent to an activating group) is 1. The number of carbonyl (C=O) groups is 1. The lowest BCUT2D eigenvalue weighted by Gasteiger charge is -2.20. The molecular formula is C12H17N3O2. The molecule has 1 aliphatic heterocycles. The molecule has 1 unspecified atom stereocenters. The number of nitrogens with zero attached hydrogens (tertiary/aromatic N) is 2. The number of nitrogens with two attached hydrogens (primary N) is 1. The first-order chi connectivity index (χ1) is 8.18. The summed E-state index contributed by atoms with van der Waals surface area (Å²) in [5.74, 6) is -0.154. The minimum Gasteiger partial charge on any atom is -0.397 e. The molecule has 1 aromatic heterocycles. The molecule has 2 heterocycles. The van der Waals surface area contributed by atoms with Crippen molar-refractivity contribution in [3.63, 3.8) is 0 Å². The van der Waals surface area contributed by atoms with E-state index in [4.69, 9.17) is 10.5 Å². The third-order valence-corrected chi connectivity index (χ3v) is 2.89. The number of anilines is 1. The molecular weight excluding hydrogens is 218 g/mol. The van der Waals surface area contributed by atoms with Crippen LogP contribution >= 0.6 is 0 Å². The molecule has 0 saturated carbocycles. The normalized spacial score (nSPS) is 19.2. The van der Waals surface area contributed by atoms with Crippen LogP contribution in [0.4, 0.5) is 5.69 Å². The highest BCUT2D eigenvalue weighted by molar-refractivity contribution is 5.96. The average Bonchev–Trinajstić information content (AvgIpc) is 2.81. The van der Waals surface area contributed by atoms with E-state index in [2.05, 4.69) is 4.98 Å². The molecule has 0 bridgehead atoms. The van der Waals surface area contributed by atoms with E-state index < -0.39 is 0 Å². The van der Waals surface area contributed by atoms with Crippen LogP contribution in [0.1, 0.15) is 23.3 Å². The van der Waals surface area contributed by atoms with Crippen molar-refractivity contribution >= 4 is 11.6 Å². The maximum absolute atomic E-state index is 12.1. The van der Waals surface area contributed by atoms with E-state index in [1.54, 1.807) is 30.3 Å². The summed E-state index contributed by atoms with van der Waals surface area (Å²) in [6, 6.07) is 3.40. The van der Waals surface area contributed by atoms with E-state index in [9.17, 15) is 4.79 Å². The van der Waals surface area contributed by atoms with E-state index in [0.717, 1.165) is 19.4 Å². The first-order valence-corrected chi connectivity index (χ1v) is 5.76. The molecule has 0 aliphatic carbocycles. The monoisotopic (exact) mass is 235 g/mol. The van der Waals surface area contributed by atoms with Crippen LogP contribution in [0.25, 0.3) is 0 Å². The summed E-state index contributed by atoms with van der Waals surface area (Å²) < 4.78 is 5.49. The Morgan fingerprint density at radius 2 is 2.53 bits per heavy atom. The van der Waals surface area contributed by atoms with E-state index in [0.29, 0.717) is 17.9 Å². The minimum atomic E-state index is -0.154. The summed E-state index contributed by atoms with van der Waals surface area (Å²) >= 11 is 0. The molecule has 92 valence electrons. The predicted molar refractivity (Wildman–Crippen MR) is 64.6 cm³/mol. The number of rotatable bonds is 3. The van der Waals surface area contributed by atoms with Gasteiger partial charge in [-0.05, 0) is 25.0 Å². The highest BCUT2D eigenvalue weighted by Crippen LogP contribution is 2.15. The van der Waals surface area contributed by atoms with Crippen LogP contribution in [0.15, 0.2) is 18.3 Å². The lowest BCUT2D eigenvalue weighted by atomic mass is 10.2. The van der Waals surface area contributed by atoms with Gasteiger partial charge in [0.25, 0.3) is 5.91 Å². The van der Waals surface area contributed by atoms with E-state index >= 15 is 0 Å². The van der Waals surface area contributed by atoms with Gasteiger partial charge in [-0.15, -0.1) is 0 Å². The number of nitrogen functional groups attached to an aromatic ring is 1. The van der Waals surface area contributed by atoms with Gasteiger partial charge in [0.15, 0.2) is 5.69 Å². The zero-order valence-corrected chi connectivity index (χ0v) is 9.93. The zero-order chi connectivity index (χ0) is 12.3. The third kappa shape index (κ3) is 2.74. The maximum Gasteiger partial charge on any atom is 0.274 e. The van der Waals surface area contributed by atoms with Crippen LogP contribution in [0, 0.1) is 0 Å². The number of pyridine rings is 1. The van der Waals surface area contributed by atoms with Gasteiger partial charge in [-0.1, -0.05) is 0 Å². The Hall–Kier alpha value is -1.62. The Kier molecular flexibility index (Phi) is 3.58. The lowest BCUT2D eigenvalue weighted by molar-refractivity contribution is 0.0583. The maximum atomic E-state index is 12.1. The molecule has 0 spiro atoms. The fourth-order valence-corrected chi connectivity index (χ4v) is 1.95. The van der Waals surface area contributed by atoms with Gasteiger partial charge < -0.3 is 15.4 Å². The number of hydrogen-bond donors (Lipinski definition) is 1. The van der Waals surface area contributed by atoms with E-state index in [-0.39, 0.29) is 12.0 Å². The Bertz CT molecular complexity index is 402. The van der Waals surface area contributed by atoms with Crippen LogP contribution in [-0.4, -0.2) is 42.1 Å². The summed E-state index contributed by atoms with van der Waals surface area (Å²) in [6.07, 6.45) is 3.80. The quantitative estimate of drug-likeness (QED) is 0.845. The lowest BCUT2D eigenvalue weighted by Crippen LogP contribution is -2.34. The highest BCUT2D eigenvalue weighted by Gasteiger charge is 2.22. The third-order valence-electron chi connectivity index (χ3n) is 2.89. The molecule has 1 amide bonds. The summed E-state index contributed by atoms with van der Waals surface area (Å²) in [5, 5.41) is 0. The van der Waals surface area contributed by atoms with Gasteiger partial charge >= 0.3 is 0 Å². The van der Waals surface area contributed by atoms with Crippen LogP contribution in [-0.2, 0) is 4.74 Å². The number of aromatic nitrogens is 1. The molecule has 1 fully saturated rings. The number of carbonyl (C=O) groups excluding carboxylic acids is 1. The predicted octanol–water partition coefficient (Wildman–Crippen LogP) is 0.915. The molecule has 17 heavy (non-hydrogen) atoms. The van der Waals surface area contributed by atoms with Crippen molar-refractivity contribution in [2.45, 2.75) is 18.9 Å². The average molecular weight is 235 g/mol. The summed E-state index contributed by atoms with van der Waals surface area (Å²) in [5.41, 5.74) is 6.45. The summed E-state index contributed by atoms with van der Waals surface area (Å²) in [4.78, 5) is 17.7. The number of ether oxygens (including phenoxy) is 1.